The molecule has 1 unspecified atom stereocenters. The van der Waals surface area contributed by atoms with Gasteiger partial charge in [0, 0.05) is 13.1 Å². The molecule has 0 radical (unpaired) electrons. The van der Waals surface area contributed by atoms with E-state index in [1.54, 1.807) is 12.1 Å². The van der Waals surface area contributed by atoms with Crippen molar-refractivity contribution < 1.29 is 18.3 Å². The van der Waals surface area contributed by atoms with Crippen LogP contribution in [-0.4, -0.2) is 36.9 Å². The average Bonchev–Trinajstić information content (AvgIpc) is 2.39. The van der Waals surface area contributed by atoms with Gasteiger partial charge in [-0.2, -0.15) is 4.31 Å². The second kappa shape index (κ2) is 5.48. The molecule has 1 N–H and O–H groups in total. The summed E-state index contributed by atoms with van der Waals surface area (Å²) in [5.41, 5.74) is 0. The molecule has 1 heterocycles. The number of nitrogens with zero attached hydrogens (tertiary/aromatic N) is 1. The molecule has 1 saturated heterocycles. The molecule has 0 saturated carbocycles. The maximum atomic E-state index is 12.4. The van der Waals surface area contributed by atoms with Crippen LogP contribution in [0.3, 0.4) is 0 Å². The molecule has 5 nitrogen and oxygen atoms in total. The number of carboxylic acid groups (broad SMARTS) is 1. The molecule has 104 valence electrons. The Bertz CT molecular complexity index is 587. The number of rotatable bonds is 3. The second-order valence-corrected chi connectivity index (χ2v) is 6.78. The van der Waals surface area contributed by atoms with Crippen LogP contribution >= 0.6 is 11.6 Å². The van der Waals surface area contributed by atoms with Gasteiger partial charge < -0.3 is 5.11 Å². The lowest BCUT2D eigenvalue weighted by molar-refractivity contribution is -0.142. The summed E-state index contributed by atoms with van der Waals surface area (Å²) in [6, 6.07) is 6.18. The van der Waals surface area contributed by atoms with Crippen molar-refractivity contribution in [1.82, 2.24) is 4.31 Å². The first-order valence-electron chi connectivity index (χ1n) is 5.90. The second-order valence-electron chi connectivity index (χ2n) is 4.47. The fraction of sp³-hybridized carbons (Fsp3) is 0.417. The van der Waals surface area contributed by atoms with Crippen molar-refractivity contribution in [2.24, 2.45) is 5.92 Å². The topological polar surface area (TPSA) is 74.7 Å². The van der Waals surface area contributed by atoms with Gasteiger partial charge in [0.05, 0.1) is 10.9 Å². The van der Waals surface area contributed by atoms with Crippen LogP contribution in [0.25, 0.3) is 0 Å². The number of hydrogen-bond acceptors (Lipinski definition) is 3. The van der Waals surface area contributed by atoms with Gasteiger partial charge in [-0.15, -0.1) is 0 Å². The molecule has 19 heavy (non-hydrogen) atoms. The highest BCUT2D eigenvalue weighted by Crippen LogP contribution is 2.28. The Balaban J connectivity index is 2.30. The first-order chi connectivity index (χ1) is 8.93. The molecule has 0 amide bonds. The van der Waals surface area contributed by atoms with Crippen LogP contribution < -0.4 is 0 Å². The van der Waals surface area contributed by atoms with Gasteiger partial charge in [0.25, 0.3) is 0 Å². The molecule has 0 bridgehead atoms. The third-order valence-corrected chi connectivity index (χ3v) is 5.55. The molecule has 7 heteroatoms. The van der Waals surface area contributed by atoms with Crippen molar-refractivity contribution >= 4 is 27.6 Å². The quantitative estimate of drug-likeness (QED) is 0.924. The molecule has 0 spiro atoms. The van der Waals surface area contributed by atoms with Gasteiger partial charge in [0.2, 0.25) is 10.0 Å². The summed E-state index contributed by atoms with van der Waals surface area (Å²) in [5, 5.41) is 9.15. The summed E-state index contributed by atoms with van der Waals surface area (Å²) in [4.78, 5) is 11.0. The molecular weight excluding hydrogens is 290 g/mol. The first-order valence-corrected chi connectivity index (χ1v) is 7.72. The van der Waals surface area contributed by atoms with Crippen LogP contribution in [0.4, 0.5) is 0 Å². The zero-order chi connectivity index (χ0) is 14.0. The molecule has 0 aromatic heterocycles. The van der Waals surface area contributed by atoms with Crippen LogP contribution in [0.1, 0.15) is 12.8 Å². The molecule has 1 aromatic rings. The Labute approximate surface area is 116 Å². The molecule has 0 aliphatic carbocycles. The smallest absolute Gasteiger partial charge is 0.307 e. The van der Waals surface area contributed by atoms with Crippen LogP contribution in [0.2, 0.25) is 5.02 Å². The molecule has 1 atom stereocenters. The molecular formula is C12H14ClNO4S. The summed E-state index contributed by atoms with van der Waals surface area (Å²) in [6.07, 6.45) is 1.05. The lowest BCUT2D eigenvalue weighted by Crippen LogP contribution is -2.42. The zero-order valence-electron chi connectivity index (χ0n) is 10.1. The first kappa shape index (κ1) is 14.3. The van der Waals surface area contributed by atoms with Gasteiger partial charge in [-0.25, -0.2) is 8.42 Å². The number of carbonyl (C=O) groups is 1. The van der Waals surface area contributed by atoms with Crippen LogP contribution in [-0.2, 0) is 14.8 Å². The zero-order valence-corrected chi connectivity index (χ0v) is 11.7. The highest BCUT2D eigenvalue weighted by atomic mass is 35.5. The Morgan fingerprint density at radius 3 is 2.68 bits per heavy atom. The minimum atomic E-state index is -3.72. The van der Waals surface area contributed by atoms with E-state index in [4.69, 9.17) is 16.7 Å². The van der Waals surface area contributed by atoms with Crippen molar-refractivity contribution in [2.75, 3.05) is 13.1 Å². The van der Waals surface area contributed by atoms with Crippen LogP contribution in [0, 0.1) is 5.92 Å². The van der Waals surface area contributed by atoms with Crippen molar-refractivity contribution in [1.29, 1.82) is 0 Å². The van der Waals surface area contributed by atoms with Crippen LogP contribution in [0.15, 0.2) is 29.2 Å². The molecule has 2 rings (SSSR count). The molecule has 1 aliphatic heterocycles. The number of piperidine rings is 1. The number of sulfonamides is 1. The highest BCUT2D eigenvalue weighted by Gasteiger charge is 2.33. The van der Waals surface area contributed by atoms with Gasteiger partial charge >= 0.3 is 5.97 Å². The van der Waals surface area contributed by atoms with E-state index >= 15 is 0 Å². The predicted molar refractivity (Wildman–Crippen MR) is 70.6 cm³/mol. The molecule has 1 fully saturated rings. The fourth-order valence-corrected chi connectivity index (χ4v) is 4.17. The van der Waals surface area contributed by atoms with E-state index in [9.17, 15) is 13.2 Å². The Hall–Kier alpha value is -1.11. The van der Waals surface area contributed by atoms with Gasteiger partial charge in [-0.05, 0) is 25.0 Å². The van der Waals surface area contributed by atoms with E-state index < -0.39 is 21.9 Å². The average molecular weight is 304 g/mol. The summed E-state index contributed by atoms with van der Waals surface area (Å²) in [7, 11) is -3.72. The normalized spacial score (nSPS) is 21.2. The third-order valence-electron chi connectivity index (χ3n) is 3.19. The minimum Gasteiger partial charge on any atom is -0.481 e. The summed E-state index contributed by atoms with van der Waals surface area (Å²) in [6.45, 7) is 0.334. The number of benzene rings is 1. The Morgan fingerprint density at radius 2 is 2.05 bits per heavy atom. The van der Waals surface area contributed by atoms with Crippen molar-refractivity contribution in [3.8, 4) is 0 Å². The third kappa shape index (κ3) is 2.91. The van der Waals surface area contributed by atoms with Crippen molar-refractivity contribution in [3.63, 3.8) is 0 Å². The molecule has 1 aromatic carbocycles. The fourth-order valence-electron chi connectivity index (χ4n) is 2.16. The van der Waals surface area contributed by atoms with E-state index in [1.807, 2.05) is 0 Å². The lowest BCUT2D eigenvalue weighted by atomic mass is 10.0. The maximum absolute atomic E-state index is 12.4. The largest absolute Gasteiger partial charge is 0.481 e. The van der Waals surface area contributed by atoms with E-state index in [-0.39, 0.29) is 16.5 Å². The predicted octanol–water partition coefficient (Wildman–Crippen LogP) is 1.83. The number of halogens is 1. The van der Waals surface area contributed by atoms with Gasteiger partial charge in [0.15, 0.2) is 0 Å². The lowest BCUT2D eigenvalue weighted by Gasteiger charge is -2.30. The minimum absolute atomic E-state index is 0.00287. The van der Waals surface area contributed by atoms with Crippen molar-refractivity contribution in [2.45, 2.75) is 17.7 Å². The standard InChI is InChI=1S/C12H14ClNO4S/c13-10-5-1-2-6-11(10)19(17,18)14-7-3-4-9(8-14)12(15)16/h1-2,5-6,9H,3-4,7-8H2,(H,15,16). The van der Waals surface area contributed by atoms with Crippen LogP contribution in [0.5, 0.6) is 0 Å². The number of aliphatic carboxylic acids is 1. The van der Waals surface area contributed by atoms with E-state index in [1.165, 1.54) is 16.4 Å². The van der Waals surface area contributed by atoms with E-state index in [2.05, 4.69) is 0 Å². The summed E-state index contributed by atoms with van der Waals surface area (Å²) in [5.74, 6) is -1.61. The van der Waals surface area contributed by atoms with Gasteiger partial charge in [0.1, 0.15) is 4.90 Å². The van der Waals surface area contributed by atoms with Gasteiger partial charge in [-0.3, -0.25) is 4.79 Å². The van der Waals surface area contributed by atoms with Crippen molar-refractivity contribution in [3.05, 3.63) is 29.3 Å². The van der Waals surface area contributed by atoms with Gasteiger partial charge in [-0.1, -0.05) is 23.7 Å². The number of carboxylic acids is 1. The maximum Gasteiger partial charge on any atom is 0.307 e. The summed E-state index contributed by atoms with van der Waals surface area (Å²) >= 11 is 5.90. The Morgan fingerprint density at radius 1 is 1.37 bits per heavy atom. The van der Waals surface area contributed by atoms with E-state index in [0.717, 1.165) is 0 Å². The Kier molecular flexibility index (Phi) is 4.13. The highest BCUT2D eigenvalue weighted by molar-refractivity contribution is 7.89. The van der Waals surface area contributed by atoms with E-state index in [0.29, 0.717) is 19.4 Å². The number of hydrogen-bond donors (Lipinski definition) is 1. The molecule has 1 aliphatic rings. The SMILES string of the molecule is O=C(O)C1CCCN(S(=O)(=O)c2ccccc2Cl)C1. The summed E-state index contributed by atoms with van der Waals surface area (Å²) < 4.78 is 26.1. The monoisotopic (exact) mass is 303 g/mol.